The minimum atomic E-state index is -0.178. The van der Waals surface area contributed by atoms with Gasteiger partial charge in [-0.05, 0) is 18.8 Å². The monoisotopic (exact) mass is 281 g/mol. The van der Waals surface area contributed by atoms with E-state index in [2.05, 4.69) is 22.5 Å². The minimum absolute atomic E-state index is 0.146. The molecule has 5 nitrogen and oxygen atoms in total. The molecule has 0 aromatic carbocycles. The molecule has 2 atom stereocenters. The molecule has 104 valence electrons. The van der Waals surface area contributed by atoms with Gasteiger partial charge in [-0.15, -0.1) is 11.3 Å². The summed E-state index contributed by atoms with van der Waals surface area (Å²) < 4.78 is 0. The Morgan fingerprint density at radius 1 is 1.42 bits per heavy atom. The molecule has 2 N–H and O–H groups in total. The maximum atomic E-state index is 12.0. The van der Waals surface area contributed by atoms with E-state index in [1.54, 1.807) is 5.38 Å². The Morgan fingerprint density at radius 2 is 2.21 bits per heavy atom. The maximum Gasteiger partial charge on any atom is 0.271 e. The van der Waals surface area contributed by atoms with Crippen molar-refractivity contribution in [1.29, 1.82) is 0 Å². The number of carbonyl (C=O) groups excluding carboxylic acids is 2. The molecule has 1 heterocycles. The van der Waals surface area contributed by atoms with E-state index >= 15 is 0 Å². The molecule has 1 aromatic rings. The standard InChI is InChI=1S/C13H19N3O2S/c1-8-4-3-5-10(6-8)15-12(18)11-7-19-13(16-11)14-9(2)17/h7-8,10H,3-6H2,1-2H3,(H,15,18)(H,14,16,17)/t8-,10-/m1/s1. The van der Waals surface area contributed by atoms with Crippen LogP contribution in [0.5, 0.6) is 0 Å². The number of thiazole rings is 1. The van der Waals surface area contributed by atoms with Crippen LogP contribution in [0.3, 0.4) is 0 Å². The van der Waals surface area contributed by atoms with E-state index in [0.717, 1.165) is 12.8 Å². The highest BCUT2D eigenvalue weighted by Crippen LogP contribution is 2.24. The lowest BCUT2D eigenvalue weighted by molar-refractivity contribution is -0.114. The van der Waals surface area contributed by atoms with Crippen molar-refractivity contribution in [3.8, 4) is 0 Å². The van der Waals surface area contributed by atoms with Crippen LogP contribution in [0, 0.1) is 5.92 Å². The number of aromatic nitrogens is 1. The quantitative estimate of drug-likeness (QED) is 0.893. The summed E-state index contributed by atoms with van der Waals surface area (Å²) in [5.41, 5.74) is 0.381. The summed E-state index contributed by atoms with van der Waals surface area (Å²) in [6.07, 6.45) is 4.49. The van der Waals surface area contributed by atoms with Crippen LogP contribution in [0.25, 0.3) is 0 Å². The molecular weight excluding hydrogens is 262 g/mol. The van der Waals surface area contributed by atoms with Crippen LogP contribution in [0.4, 0.5) is 5.13 Å². The van der Waals surface area contributed by atoms with Gasteiger partial charge in [0.15, 0.2) is 5.13 Å². The Hall–Kier alpha value is -1.43. The first kappa shape index (κ1) is 14.0. The molecule has 0 saturated heterocycles. The molecule has 0 spiro atoms. The predicted molar refractivity (Wildman–Crippen MR) is 75.3 cm³/mol. The lowest BCUT2D eigenvalue weighted by Crippen LogP contribution is -2.38. The zero-order valence-electron chi connectivity index (χ0n) is 11.2. The van der Waals surface area contributed by atoms with Crippen molar-refractivity contribution in [2.75, 3.05) is 5.32 Å². The van der Waals surface area contributed by atoms with E-state index in [4.69, 9.17) is 0 Å². The van der Waals surface area contributed by atoms with Crippen molar-refractivity contribution in [2.45, 2.75) is 45.6 Å². The molecule has 0 radical (unpaired) electrons. The molecule has 1 aromatic heterocycles. The van der Waals surface area contributed by atoms with Gasteiger partial charge in [0.1, 0.15) is 5.69 Å². The topological polar surface area (TPSA) is 71.1 Å². The lowest BCUT2D eigenvalue weighted by atomic mass is 9.87. The van der Waals surface area contributed by atoms with Crippen LogP contribution in [-0.2, 0) is 4.79 Å². The molecule has 0 aliphatic heterocycles. The van der Waals surface area contributed by atoms with Crippen molar-refractivity contribution in [2.24, 2.45) is 5.92 Å². The number of rotatable bonds is 3. The van der Waals surface area contributed by atoms with Gasteiger partial charge in [0.25, 0.3) is 5.91 Å². The summed E-state index contributed by atoms with van der Waals surface area (Å²) >= 11 is 1.26. The van der Waals surface area contributed by atoms with Gasteiger partial charge < -0.3 is 10.6 Å². The second-order valence-corrected chi connectivity index (χ2v) is 6.02. The van der Waals surface area contributed by atoms with Gasteiger partial charge in [-0.2, -0.15) is 0 Å². The molecule has 0 unspecified atom stereocenters. The third-order valence-electron chi connectivity index (χ3n) is 3.29. The largest absolute Gasteiger partial charge is 0.348 e. The predicted octanol–water partition coefficient (Wildman–Crippen LogP) is 2.41. The molecule has 1 aliphatic rings. The number of amides is 2. The molecule has 1 saturated carbocycles. The first-order valence-electron chi connectivity index (χ1n) is 6.58. The van der Waals surface area contributed by atoms with Crippen LogP contribution in [-0.4, -0.2) is 22.8 Å². The van der Waals surface area contributed by atoms with E-state index < -0.39 is 0 Å². The van der Waals surface area contributed by atoms with E-state index in [9.17, 15) is 9.59 Å². The maximum absolute atomic E-state index is 12.0. The minimum Gasteiger partial charge on any atom is -0.348 e. The SMILES string of the molecule is CC(=O)Nc1nc(C(=O)N[C@@H]2CCC[C@@H](C)C2)cs1. The summed E-state index contributed by atoms with van der Waals surface area (Å²) in [7, 11) is 0. The number of nitrogens with zero attached hydrogens (tertiary/aromatic N) is 1. The Kier molecular flexibility index (Phi) is 4.52. The van der Waals surface area contributed by atoms with Gasteiger partial charge in [-0.25, -0.2) is 4.98 Å². The summed E-state index contributed by atoms with van der Waals surface area (Å²) in [4.78, 5) is 27.0. The van der Waals surface area contributed by atoms with Crippen molar-refractivity contribution in [3.63, 3.8) is 0 Å². The van der Waals surface area contributed by atoms with Crippen LogP contribution in [0.2, 0.25) is 0 Å². The first-order valence-corrected chi connectivity index (χ1v) is 7.46. The smallest absolute Gasteiger partial charge is 0.271 e. The number of anilines is 1. The Labute approximate surface area is 116 Å². The van der Waals surface area contributed by atoms with Gasteiger partial charge in [0.05, 0.1) is 0 Å². The van der Waals surface area contributed by atoms with E-state index in [-0.39, 0.29) is 17.9 Å². The second-order valence-electron chi connectivity index (χ2n) is 5.16. The third-order valence-corrected chi connectivity index (χ3v) is 4.05. The van der Waals surface area contributed by atoms with Crippen molar-refractivity contribution < 1.29 is 9.59 Å². The van der Waals surface area contributed by atoms with Gasteiger partial charge in [0.2, 0.25) is 5.91 Å². The van der Waals surface area contributed by atoms with E-state index in [1.807, 2.05) is 0 Å². The summed E-state index contributed by atoms with van der Waals surface area (Å²) in [6.45, 7) is 3.64. The summed E-state index contributed by atoms with van der Waals surface area (Å²) in [5.74, 6) is 0.346. The molecular formula is C13H19N3O2S. The van der Waals surface area contributed by atoms with Gasteiger partial charge in [0, 0.05) is 18.3 Å². The zero-order chi connectivity index (χ0) is 13.8. The second kappa shape index (κ2) is 6.14. The van der Waals surface area contributed by atoms with Crippen LogP contribution in [0.15, 0.2) is 5.38 Å². The third kappa shape index (κ3) is 4.02. The van der Waals surface area contributed by atoms with Gasteiger partial charge in [-0.1, -0.05) is 19.8 Å². The highest BCUT2D eigenvalue weighted by molar-refractivity contribution is 7.14. The molecule has 1 aliphatic carbocycles. The molecule has 0 bridgehead atoms. The molecule has 19 heavy (non-hydrogen) atoms. The lowest BCUT2D eigenvalue weighted by Gasteiger charge is -2.27. The fourth-order valence-corrected chi connectivity index (χ4v) is 3.15. The van der Waals surface area contributed by atoms with Crippen molar-refractivity contribution >= 4 is 28.3 Å². The fraction of sp³-hybridized carbons (Fsp3) is 0.615. The summed E-state index contributed by atoms with van der Waals surface area (Å²) in [6, 6.07) is 0.252. The van der Waals surface area contributed by atoms with Crippen LogP contribution >= 0.6 is 11.3 Å². The number of nitrogens with one attached hydrogen (secondary N) is 2. The Bertz CT molecular complexity index is 472. The fourth-order valence-electron chi connectivity index (χ4n) is 2.41. The van der Waals surface area contributed by atoms with Crippen molar-refractivity contribution in [1.82, 2.24) is 10.3 Å². The molecule has 2 rings (SSSR count). The van der Waals surface area contributed by atoms with Crippen LogP contribution < -0.4 is 10.6 Å². The molecule has 1 fully saturated rings. The molecule has 6 heteroatoms. The van der Waals surface area contributed by atoms with Crippen LogP contribution in [0.1, 0.15) is 50.0 Å². The number of carbonyl (C=O) groups is 2. The molecule has 2 amide bonds. The zero-order valence-corrected chi connectivity index (χ0v) is 12.0. The van der Waals surface area contributed by atoms with Gasteiger partial charge in [-0.3, -0.25) is 9.59 Å². The summed E-state index contributed by atoms with van der Waals surface area (Å²) in [5, 5.41) is 7.74. The van der Waals surface area contributed by atoms with Gasteiger partial charge >= 0.3 is 0 Å². The highest BCUT2D eigenvalue weighted by Gasteiger charge is 2.21. The Morgan fingerprint density at radius 3 is 2.89 bits per heavy atom. The number of hydrogen-bond acceptors (Lipinski definition) is 4. The van der Waals surface area contributed by atoms with Crippen molar-refractivity contribution in [3.05, 3.63) is 11.1 Å². The highest BCUT2D eigenvalue weighted by atomic mass is 32.1. The average molecular weight is 281 g/mol. The Balaban J connectivity index is 1.92. The normalized spacial score (nSPS) is 22.8. The average Bonchev–Trinajstić information content (AvgIpc) is 2.76. The van der Waals surface area contributed by atoms with E-state index in [1.165, 1.54) is 31.1 Å². The first-order chi connectivity index (χ1) is 9.04. The number of hydrogen-bond donors (Lipinski definition) is 2. The van der Waals surface area contributed by atoms with E-state index in [0.29, 0.717) is 16.7 Å².